The van der Waals surface area contributed by atoms with Gasteiger partial charge in [0.05, 0.1) is 41.2 Å². The van der Waals surface area contributed by atoms with Crippen LogP contribution in [0.2, 0.25) is 0 Å². The highest BCUT2D eigenvalue weighted by Crippen LogP contribution is 2.72. The number of carbonyl (C=O) groups is 4. The minimum Gasteiger partial charge on any atom is -0.392 e. The van der Waals surface area contributed by atoms with E-state index in [0.29, 0.717) is 147 Å². The molecule has 2 heterocycles. The second-order valence-electron chi connectivity index (χ2n) is 54.8. The summed E-state index contributed by atoms with van der Waals surface area (Å²) in [6.45, 7) is 48.9. The SMILES string of the molecule is C=C(C)[C@H]1CC[C@H]2[C@@H]3CC(=O)[C@@H]4C[C@@](C)(O)CC[C@@H]4[C@H]3CC[C@]12C.C=C(CBr)[C@H]1CC[C@H]2[C@@H]3CC(=O)[C@@H]4C[C@@](C)(O)CC[C@@H]4[C@H]3CC[C@]12C.C=C(CN1CCCCC1)[C@H]1CC[C@H]2[C@@H]3CC[C@@H]4C[C@@](C)(O)CC[C@@H]4[C@H]3CC[C@]12C.C=C(CO)[C@H]1CC[C@H]2[C@@H]3CC(=O)[C@@H]4C[C@@](C)(O)CC[C@@H]4[C@H]3CC[C@]12C.C[C@]1(O)CC[C@H]2[C@H](CC[C@@H]3[C@@H]2CC[C@]2(C)[C@@H](C(=O)CN4CCCCC4)CC[C@@H]32)C1. The van der Waals surface area contributed by atoms with Crippen molar-refractivity contribution in [2.75, 3.05) is 51.2 Å². The van der Waals surface area contributed by atoms with Gasteiger partial charge in [0, 0.05) is 54.8 Å². The molecule has 0 radical (unpaired) electrons. The number of aliphatic hydroxyl groups excluding tert-OH is 1. The van der Waals surface area contributed by atoms with E-state index in [1.165, 1.54) is 223 Å². The number of halogens is 1. The predicted molar refractivity (Wildman–Crippen MR) is 536 cm³/mol. The third-order valence-electron chi connectivity index (χ3n) is 47.3. The summed E-state index contributed by atoms with van der Waals surface area (Å²) >= 11 is 3.62. The number of ketones is 4. The zero-order chi connectivity index (χ0) is 93.7. The first-order valence-electron chi connectivity index (χ1n) is 56.5. The molecule has 132 heavy (non-hydrogen) atoms. The fourth-order valence-electron chi connectivity index (χ4n) is 41.1. The van der Waals surface area contributed by atoms with Crippen molar-refractivity contribution in [2.45, 2.75) is 412 Å². The van der Waals surface area contributed by atoms with Crippen LogP contribution >= 0.6 is 15.9 Å². The first-order valence-corrected chi connectivity index (χ1v) is 57.7. The largest absolute Gasteiger partial charge is 0.392 e. The smallest absolute Gasteiger partial charge is 0.150 e. The van der Waals surface area contributed by atoms with Crippen molar-refractivity contribution in [1.29, 1.82) is 0 Å². The van der Waals surface area contributed by atoms with E-state index >= 15 is 0 Å². The van der Waals surface area contributed by atoms with E-state index in [0.717, 1.165) is 198 Å². The van der Waals surface area contributed by atoms with E-state index < -0.39 is 22.4 Å². The maximum atomic E-state index is 13.4. The number of likely N-dealkylation sites (tertiary alicyclic amines) is 2. The maximum absolute atomic E-state index is 13.4. The molecular formula is C119H189BrN2O10. The number of allylic oxidation sites excluding steroid dienone is 2. The number of fused-ring (bicyclic) bond motifs is 25. The summed E-state index contributed by atoms with van der Waals surface area (Å²) in [5.74, 6) is 21.1. The predicted octanol–water partition coefficient (Wildman–Crippen LogP) is 24.7. The van der Waals surface area contributed by atoms with E-state index in [1.54, 1.807) is 5.57 Å². The second-order valence-corrected chi connectivity index (χ2v) is 55.4. The average molecular weight is 1890 g/mol. The molecular weight excluding hydrogens is 1700 g/mol. The summed E-state index contributed by atoms with van der Waals surface area (Å²) in [4.78, 5) is 57.4. The summed E-state index contributed by atoms with van der Waals surface area (Å²) in [5, 5.41) is 63.1. The summed E-state index contributed by atoms with van der Waals surface area (Å²) in [7, 11) is 0. The Morgan fingerprint density at radius 2 is 0.591 bits per heavy atom. The van der Waals surface area contributed by atoms with Gasteiger partial charge in [-0.3, -0.25) is 29.0 Å². The number of hydrogen-bond acceptors (Lipinski definition) is 12. The van der Waals surface area contributed by atoms with Gasteiger partial charge in [-0.05, 0) is 530 Å². The van der Waals surface area contributed by atoms with Crippen molar-refractivity contribution in [3.05, 3.63) is 48.6 Å². The topological polar surface area (TPSA) is 196 Å². The maximum Gasteiger partial charge on any atom is 0.150 e. The van der Waals surface area contributed by atoms with Crippen LogP contribution in [0.4, 0.5) is 0 Å². The number of hydrogen-bond donors (Lipinski definition) is 6. The van der Waals surface area contributed by atoms with E-state index in [-0.39, 0.29) is 40.8 Å². The van der Waals surface area contributed by atoms with Crippen LogP contribution in [-0.2, 0) is 19.2 Å². The number of aliphatic hydroxyl groups is 6. The Kier molecular flexibility index (Phi) is 29.1. The molecule has 20 aliphatic carbocycles. The fourth-order valence-corrected chi connectivity index (χ4v) is 41.5. The molecule has 0 aromatic rings. The van der Waals surface area contributed by atoms with Gasteiger partial charge >= 0.3 is 0 Å². The Bertz CT molecular complexity index is 3970. The van der Waals surface area contributed by atoms with E-state index in [2.05, 4.69) is 107 Å². The first-order chi connectivity index (χ1) is 62.5. The first kappa shape index (κ1) is 99.9. The van der Waals surface area contributed by atoms with Gasteiger partial charge in [0.2, 0.25) is 0 Å². The van der Waals surface area contributed by atoms with Crippen molar-refractivity contribution in [3.8, 4) is 0 Å². The number of alkyl halides is 1. The Morgan fingerprint density at radius 3 is 0.939 bits per heavy atom. The molecule has 0 amide bonds. The molecule has 22 fully saturated rings. The van der Waals surface area contributed by atoms with Crippen molar-refractivity contribution in [1.82, 2.24) is 9.80 Å². The van der Waals surface area contributed by atoms with Crippen LogP contribution in [0.5, 0.6) is 0 Å². The highest BCUT2D eigenvalue weighted by Gasteiger charge is 2.66. The van der Waals surface area contributed by atoms with E-state index in [1.807, 2.05) is 20.8 Å². The van der Waals surface area contributed by atoms with Crippen molar-refractivity contribution < 1.29 is 49.8 Å². The van der Waals surface area contributed by atoms with Crippen LogP contribution in [0.1, 0.15) is 384 Å². The van der Waals surface area contributed by atoms with Gasteiger partial charge in [-0.2, -0.15) is 0 Å². The molecule has 0 aromatic heterocycles. The molecule has 20 saturated carbocycles. The van der Waals surface area contributed by atoms with Crippen LogP contribution < -0.4 is 0 Å². The molecule has 2 aliphatic heterocycles. The van der Waals surface area contributed by atoms with Gasteiger partial charge in [-0.15, -0.1) is 0 Å². The average Bonchev–Trinajstić information content (AvgIpc) is 1.45. The van der Waals surface area contributed by atoms with Gasteiger partial charge in [-0.1, -0.05) is 106 Å². The molecule has 0 aromatic carbocycles. The monoisotopic (exact) mass is 1890 g/mol. The van der Waals surface area contributed by atoms with Gasteiger partial charge in [0.25, 0.3) is 0 Å². The molecule has 0 spiro atoms. The van der Waals surface area contributed by atoms with Crippen molar-refractivity contribution in [2.24, 2.45) is 205 Å². The van der Waals surface area contributed by atoms with Gasteiger partial charge in [-0.25, -0.2) is 0 Å². The molecule has 0 unspecified atom stereocenters. The zero-order valence-corrected chi connectivity index (χ0v) is 86.9. The molecule has 40 atom stereocenters. The molecule has 0 bridgehead atoms. The molecule has 22 rings (SSSR count). The minimum absolute atomic E-state index is 0.0963. The highest BCUT2D eigenvalue weighted by molar-refractivity contribution is 9.09. The third-order valence-corrected chi connectivity index (χ3v) is 48.0. The lowest BCUT2D eigenvalue weighted by Crippen LogP contribution is -2.53. The summed E-state index contributed by atoms with van der Waals surface area (Å²) in [5.41, 5.74) is 4.29. The summed E-state index contributed by atoms with van der Waals surface area (Å²) in [6.07, 6.45) is 56.1. The normalized spacial score (nSPS) is 51.8. The van der Waals surface area contributed by atoms with Crippen molar-refractivity contribution in [3.63, 3.8) is 0 Å². The van der Waals surface area contributed by atoms with Gasteiger partial charge in [0.1, 0.15) is 23.1 Å². The second kappa shape index (κ2) is 38.5. The molecule has 13 heteroatoms. The number of nitrogens with zero attached hydrogens (tertiary/aromatic N) is 2. The van der Waals surface area contributed by atoms with Crippen LogP contribution in [0, 0.1) is 205 Å². The summed E-state index contributed by atoms with van der Waals surface area (Å²) in [6, 6.07) is 0. The molecule has 2 saturated heterocycles. The van der Waals surface area contributed by atoms with E-state index in [4.69, 9.17) is 0 Å². The minimum atomic E-state index is -0.649. The standard InChI is InChI=1S/C27H45NO.C26H43NO2.C22H33BrO2.C22H34O3.C22H34O2/c1-19(18-28-15-5-4-6-16-28)24-9-10-25-23-8-7-20-17-26(2,29)13-11-21(20)22(23)12-14-27(24,25)3;1-25(29)12-10-19-18(16-25)6-7-21-20(19)11-13-26(2)22(21)8-9-23(26)24(28)17-27-14-4-3-5-15-27;2*1-13(12-23)18-4-5-19-16-10-20(24)17-11-21(2,25)8-6-15(17)14(16)7-9-22(18,19)3;1-13(2)18-5-6-19-16-11-20(23)17-12-21(3,24)9-7-15(17)14(16)8-10-22(18,19)4/h20-25,29H,1,4-18H2,2-3H3;18-23,29H,3-17H2,1-2H3;14-19,25H,1,4-12H2,2-3H3;14-19,23,25H,1,4-12H2,2-3H3;14-19,24H,1,5-12H2,2-4H3/t20-,21+,22-,23-,24-,25+,26+,27-;18-,19+,20-,21-,22+,23-,25+,26+;3*14-,15-,16-,17-,18-,19+,21+,22-/m11111/s1. The molecule has 22 aliphatic rings. The van der Waals surface area contributed by atoms with E-state index in [9.17, 15) is 49.8 Å². The van der Waals surface area contributed by atoms with Crippen LogP contribution in [0.15, 0.2) is 48.6 Å². The third kappa shape index (κ3) is 18.9. The van der Waals surface area contributed by atoms with Crippen LogP contribution in [0.3, 0.4) is 0 Å². The van der Waals surface area contributed by atoms with Gasteiger partial charge < -0.3 is 30.6 Å². The van der Waals surface area contributed by atoms with Crippen LogP contribution in [-0.4, -0.2) is 143 Å². The lowest BCUT2D eigenvalue weighted by atomic mass is 9.48. The zero-order valence-electron chi connectivity index (χ0n) is 85.3. The molecule has 742 valence electrons. The number of Topliss-reactive ketones (excluding diaryl/α,β-unsaturated/α-hetero) is 4. The fraction of sp³-hybridized carbons (Fsp3) is 0.899. The Labute approximate surface area is 810 Å². The highest BCUT2D eigenvalue weighted by atomic mass is 79.9. The lowest BCUT2D eigenvalue weighted by Gasteiger charge is -2.57. The Balaban J connectivity index is 0.000000111. The molecule has 6 N–H and O–H groups in total. The Hall–Kier alpha value is -2.20. The lowest BCUT2D eigenvalue weighted by molar-refractivity contribution is -0.149. The number of piperidine rings is 2. The number of rotatable bonds is 11. The summed E-state index contributed by atoms with van der Waals surface area (Å²) < 4.78 is 0. The Morgan fingerprint density at radius 1 is 0.311 bits per heavy atom. The quantitative estimate of drug-likeness (QED) is 0.0847. The van der Waals surface area contributed by atoms with Crippen molar-refractivity contribution >= 4 is 39.1 Å². The number of carbonyl (C=O) groups excluding carboxylic acids is 4. The van der Waals surface area contributed by atoms with Crippen LogP contribution in [0.25, 0.3) is 0 Å². The van der Waals surface area contributed by atoms with Gasteiger partial charge in [0.15, 0.2) is 0 Å². The molecule has 12 nitrogen and oxygen atoms in total.